The van der Waals surface area contributed by atoms with Gasteiger partial charge in [-0.25, -0.2) is 4.79 Å². The number of nitrogens with zero attached hydrogens (tertiary/aromatic N) is 1. The Morgan fingerprint density at radius 1 is 1.28 bits per heavy atom. The maximum absolute atomic E-state index is 11.9. The van der Waals surface area contributed by atoms with Crippen molar-refractivity contribution >= 4 is 17.8 Å². The highest BCUT2D eigenvalue weighted by molar-refractivity contribution is 5.86. The minimum absolute atomic E-state index is 0.00944. The van der Waals surface area contributed by atoms with Crippen molar-refractivity contribution in [2.45, 2.75) is 45.1 Å². The van der Waals surface area contributed by atoms with Gasteiger partial charge in [-0.2, -0.15) is 0 Å². The molecule has 1 aliphatic rings. The van der Waals surface area contributed by atoms with Crippen LogP contribution in [-0.4, -0.2) is 47.0 Å². The van der Waals surface area contributed by atoms with E-state index in [1.807, 2.05) is 0 Å². The van der Waals surface area contributed by atoms with Gasteiger partial charge in [0.2, 0.25) is 5.91 Å². The molecule has 1 fully saturated rings. The molecule has 1 heterocycles. The molecule has 0 aliphatic carbocycles. The number of likely N-dealkylation sites (tertiary alicyclic amines) is 1. The van der Waals surface area contributed by atoms with Crippen molar-refractivity contribution in [3.8, 4) is 0 Å². The minimum atomic E-state index is -0.973. The van der Waals surface area contributed by atoms with E-state index in [1.54, 1.807) is 6.92 Å². The molecule has 18 heavy (non-hydrogen) atoms. The lowest BCUT2D eigenvalue weighted by Gasteiger charge is -2.32. The molecule has 0 aromatic rings. The molecule has 0 aromatic heterocycles. The zero-order chi connectivity index (χ0) is 13.5. The summed E-state index contributed by atoms with van der Waals surface area (Å²) in [5, 5.41) is 9.03. The largest absolute Gasteiger partial charge is 0.480 e. The molecule has 0 aromatic carbocycles. The predicted molar refractivity (Wildman–Crippen MR) is 62.9 cm³/mol. The molecule has 6 heteroatoms. The summed E-state index contributed by atoms with van der Waals surface area (Å²) in [6, 6.07) is -0.742. The Labute approximate surface area is 106 Å². The van der Waals surface area contributed by atoms with Gasteiger partial charge in [0.25, 0.3) is 0 Å². The summed E-state index contributed by atoms with van der Waals surface area (Å²) in [6.07, 6.45) is 2.14. The van der Waals surface area contributed by atoms with Crippen LogP contribution in [0.1, 0.15) is 39.0 Å². The third kappa shape index (κ3) is 4.01. The molecular weight excluding hydrogens is 238 g/mol. The van der Waals surface area contributed by atoms with Crippen LogP contribution in [-0.2, 0) is 19.1 Å². The highest BCUT2D eigenvalue weighted by Crippen LogP contribution is 2.18. The van der Waals surface area contributed by atoms with Crippen molar-refractivity contribution in [3.63, 3.8) is 0 Å². The van der Waals surface area contributed by atoms with E-state index in [0.717, 1.165) is 12.8 Å². The molecule has 0 unspecified atom stereocenters. The summed E-state index contributed by atoms with van der Waals surface area (Å²) < 4.78 is 4.73. The third-order valence-corrected chi connectivity index (χ3v) is 2.96. The summed E-state index contributed by atoms with van der Waals surface area (Å²) >= 11 is 0. The van der Waals surface area contributed by atoms with Crippen LogP contribution in [0, 0.1) is 0 Å². The van der Waals surface area contributed by atoms with Gasteiger partial charge >= 0.3 is 11.9 Å². The van der Waals surface area contributed by atoms with Crippen molar-refractivity contribution in [1.82, 2.24) is 4.90 Å². The normalized spacial score (nSPS) is 19.4. The number of carboxylic acid groups (broad SMARTS) is 1. The zero-order valence-corrected chi connectivity index (χ0v) is 10.6. The van der Waals surface area contributed by atoms with Crippen LogP contribution in [0.5, 0.6) is 0 Å². The van der Waals surface area contributed by atoms with E-state index in [4.69, 9.17) is 9.84 Å². The summed E-state index contributed by atoms with van der Waals surface area (Å²) in [5.74, 6) is -1.68. The number of carbonyl (C=O) groups excluding carboxylic acids is 2. The Balaban J connectivity index is 2.48. The van der Waals surface area contributed by atoms with Gasteiger partial charge in [-0.1, -0.05) is 0 Å². The van der Waals surface area contributed by atoms with Crippen LogP contribution in [0.3, 0.4) is 0 Å². The first-order valence-electron chi connectivity index (χ1n) is 6.24. The van der Waals surface area contributed by atoms with Crippen molar-refractivity contribution in [1.29, 1.82) is 0 Å². The molecule has 0 spiro atoms. The monoisotopic (exact) mass is 257 g/mol. The second-order valence-electron chi connectivity index (χ2n) is 4.24. The van der Waals surface area contributed by atoms with Crippen LogP contribution in [0.15, 0.2) is 0 Å². The molecule has 0 bridgehead atoms. The Morgan fingerprint density at radius 3 is 2.61 bits per heavy atom. The number of carboxylic acids is 1. The molecule has 1 amide bonds. The van der Waals surface area contributed by atoms with E-state index in [-0.39, 0.29) is 25.4 Å². The Kier molecular flexibility index (Phi) is 5.61. The van der Waals surface area contributed by atoms with E-state index in [1.165, 1.54) is 4.90 Å². The quantitative estimate of drug-likeness (QED) is 0.736. The Bertz CT molecular complexity index is 328. The summed E-state index contributed by atoms with van der Waals surface area (Å²) in [6.45, 7) is 2.44. The van der Waals surface area contributed by atoms with Crippen molar-refractivity contribution in [3.05, 3.63) is 0 Å². The maximum Gasteiger partial charge on any atom is 0.326 e. The topological polar surface area (TPSA) is 83.9 Å². The first-order chi connectivity index (χ1) is 8.56. The number of hydrogen-bond acceptors (Lipinski definition) is 4. The van der Waals surface area contributed by atoms with Gasteiger partial charge in [-0.15, -0.1) is 0 Å². The maximum atomic E-state index is 11.9. The van der Waals surface area contributed by atoms with Gasteiger partial charge in [0, 0.05) is 13.0 Å². The predicted octanol–water partition coefficient (Wildman–Crippen LogP) is 0.795. The van der Waals surface area contributed by atoms with Crippen molar-refractivity contribution < 1.29 is 24.2 Å². The average Bonchev–Trinajstić information content (AvgIpc) is 2.36. The SMILES string of the molecule is CCOC(=O)CCC(=O)N1CCCC[C@H]1C(=O)O. The molecule has 1 saturated heterocycles. The average molecular weight is 257 g/mol. The molecule has 0 saturated carbocycles. The highest BCUT2D eigenvalue weighted by atomic mass is 16.5. The van der Waals surface area contributed by atoms with Gasteiger partial charge < -0.3 is 14.7 Å². The molecule has 1 N–H and O–H groups in total. The molecule has 1 atom stereocenters. The van der Waals surface area contributed by atoms with E-state index < -0.39 is 18.0 Å². The summed E-state index contributed by atoms with van der Waals surface area (Å²) in [4.78, 5) is 35.4. The Morgan fingerprint density at radius 2 is 2.00 bits per heavy atom. The third-order valence-electron chi connectivity index (χ3n) is 2.96. The van der Waals surface area contributed by atoms with Crippen LogP contribution >= 0.6 is 0 Å². The number of aliphatic carboxylic acids is 1. The van der Waals surface area contributed by atoms with Crippen LogP contribution in [0.25, 0.3) is 0 Å². The number of carbonyl (C=O) groups is 3. The minimum Gasteiger partial charge on any atom is -0.480 e. The van der Waals surface area contributed by atoms with Gasteiger partial charge in [-0.05, 0) is 26.2 Å². The van der Waals surface area contributed by atoms with Gasteiger partial charge in [0.15, 0.2) is 0 Å². The van der Waals surface area contributed by atoms with Crippen LogP contribution < -0.4 is 0 Å². The fourth-order valence-electron chi connectivity index (χ4n) is 2.07. The second kappa shape index (κ2) is 6.98. The van der Waals surface area contributed by atoms with Gasteiger partial charge in [0.05, 0.1) is 13.0 Å². The van der Waals surface area contributed by atoms with E-state index >= 15 is 0 Å². The fourth-order valence-corrected chi connectivity index (χ4v) is 2.07. The fraction of sp³-hybridized carbons (Fsp3) is 0.750. The van der Waals surface area contributed by atoms with Crippen molar-refractivity contribution in [2.24, 2.45) is 0 Å². The summed E-state index contributed by atoms with van der Waals surface area (Å²) in [7, 11) is 0. The smallest absolute Gasteiger partial charge is 0.326 e. The van der Waals surface area contributed by atoms with Gasteiger partial charge in [-0.3, -0.25) is 9.59 Å². The number of piperidine rings is 1. The highest BCUT2D eigenvalue weighted by Gasteiger charge is 2.31. The number of rotatable bonds is 5. The first kappa shape index (κ1) is 14.5. The van der Waals surface area contributed by atoms with Crippen LogP contribution in [0.2, 0.25) is 0 Å². The lowest BCUT2D eigenvalue weighted by Crippen LogP contribution is -2.48. The molecule has 1 rings (SSSR count). The van der Waals surface area contributed by atoms with E-state index in [2.05, 4.69) is 0 Å². The molecule has 1 aliphatic heterocycles. The van der Waals surface area contributed by atoms with E-state index in [0.29, 0.717) is 13.0 Å². The second-order valence-corrected chi connectivity index (χ2v) is 4.24. The lowest BCUT2D eigenvalue weighted by molar-refractivity contribution is -0.153. The molecule has 102 valence electrons. The first-order valence-corrected chi connectivity index (χ1v) is 6.24. The molecule has 6 nitrogen and oxygen atoms in total. The van der Waals surface area contributed by atoms with Crippen LogP contribution in [0.4, 0.5) is 0 Å². The zero-order valence-electron chi connectivity index (χ0n) is 10.6. The Hall–Kier alpha value is -1.59. The number of ether oxygens (including phenoxy) is 1. The van der Waals surface area contributed by atoms with Crippen molar-refractivity contribution in [2.75, 3.05) is 13.2 Å². The van der Waals surface area contributed by atoms with Gasteiger partial charge in [0.1, 0.15) is 6.04 Å². The standard InChI is InChI=1S/C12H19NO5/c1-2-18-11(15)7-6-10(14)13-8-4-3-5-9(13)12(16)17/h9H,2-8H2,1H3,(H,16,17)/t9-/m0/s1. The summed E-state index contributed by atoms with van der Waals surface area (Å²) in [5.41, 5.74) is 0. The molecular formula is C12H19NO5. The molecule has 0 radical (unpaired) electrons. The lowest BCUT2D eigenvalue weighted by atomic mass is 10.0. The number of hydrogen-bond donors (Lipinski definition) is 1. The number of amides is 1. The number of esters is 1. The van der Waals surface area contributed by atoms with E-state index in [9.17, 15) is 14.4 Å².